The molecule has 0 saturated carbocycles. The van der Waals surface area contributed by atoms with Crippen LogP contribution in [0.15, 0.2) is 102 Å². The lowest BCUT2D eigenvalue weighted by atomic mass is 9.82. The lowest BCUT2D eigenvalue weighted by molar-refractivity contribution is 0.102. The summed E-state index contributed by atoms with van der Waals surface area (Å²) in [6, 6.07) is 28.5. The lowest BCUT2D eigenvalue weighted by Gasteiger charge is -2.23. The number of benzene rings is 3. The zero-order valence-corrected chi connectivity index (χ0v) is 20.6. The van der Waals surface area contributed by atoms with Crippen molar-refractivity contribution < 1.29 is 13.9 Å². The summed E-state index contributed by atoms with van der Waals surface area (Å²) in [5.74, 6) is 1.87. The van der Waals surface area contributed by atoms with E-state index in [4.69, 9.17) is 9.15 Å². The number of pyridine rings is 1. The third kappa shape index (κ3) is 4.86. The van der Waals surface area contributed by atoms with E-state index >= 15 is 0 Å². The number of nitrogens with one attached hydrogen (secondary N) is 1. The van der Waals surface area contributed by atoms with E-state index in [0.29, 0.717) is 28.5 Å². The maximum atomic E-state index is 13.3. The number of carbonyl (C=O) groups excluding carboxylic acids is 1. The van der Waals surface area contributed by atoms with Crippen LogP contribution in [0.5, 0.6) is 11.5 Å². The Labute approximate surface area is 210 Å². The zero-order valence-electron chi connectivity index (χ0n) is 20.6. The number of amides is 1. The molecule has 0 unspecified atom stereocenters. The van der Waals surface area contributed by atoms with E-state index in [9.17, 15) is 4.79 Å². The molecule has 2 aromatic heterocycles. The molecule has 0 saturated heterocycles. The van der Waals surface area contributed by atoms with Crippen molar-refractivity contribution >= 4 is 22.5 Å². The highest BCUT2D eigenvalue weighted by Crippen LogP contribution is 2.30. The molecule has 5 nitrogen and oxygen atoms in total. The van der Waals surface area contributed by atoms with Gasteiger partial charge in [0.2, 0.25) is 0 Å². The standard InChI is InChI=1S/C31H28N2O3/c1-4-31(2,3)21-11-15-23(16-12-21)36-24-17-13-22(14-18-24)32-30(34)26-20-28(29-10-7-19-35-29)33-27-9-6-5-8-25(26)27/h5-20H,4H2,1-3H3,(H,32,34). The largest absolute Gasteiger partial charge is 0.463 e. The number of ether oxygens (including phenoxy) is 1. The summed E-state index contributed by atoms with van der Waals surface area (Å²) in [4.78, 5) is 17.9. The molecule has 36 heavy (non-hydrogen) atoms. The van der Waals surface area contributed by atoms with Gasteiger partial charge in [-0.15, -0.1) is 0 Å². The third-order valence-corrected chi connectivity index (χ3v) is 6.60. The molecule has 1 N–H and O–H groups in total. The highest BCUT2D eigenvalue weighted by atomic mass is 16.5. The number of nitrogens with zero attached hydrogens (tertiary/aromatic N) is 1. The van der Waals surface area contributed by atoms with Crippen LogP contribution in [0.4, 0.5) is 5.69 Å². The van der Waals surface area contributed by atoms with Crippen molar-refractivity contribution in [1.82, 2.24) is 4.98 Å². The highest BCUT2D eigenvalue weighted by molar-refractivity contribution is 6.13. The van der Waals surface area contributed by atoms with Crippen molar-refractivity contribution in [2.75, 3.05) is 5.32 Å². The molecule has 180 valence electrons. The SMILES string of the molecule is CCC(C)(C)c1ccc(Oc2ccc(NC(=O)c3cc(-c4ccco4)nc4ccccc34)cc2)cc1. The van der Waals surface area contributed by atoms with Crippen molar-refractivity contribution in [3.05, 3.63) is 108 Å². The highest BCUT2D eigenvalue weighted by Gasteiger charge is 2.18. The van der Waals surface area contributed by atoms with E-state index < -0.39 is 0 Å². The van der Waals surface area contributed by atoms with Crippen LogP contribution in [-0.4, -0.2) is 10.9 Å². The second-order valence-electron chi connectivity index (χ2n) is 9.39. The van der Waals surface area contributed by atoms with Crippen LogP contribution in [0.3, 0.4) is 0 Å². The first kappa shape index (κ1) is 23.4. The fraction of sp³-hybridized carbons (Fsp3) is 0.161. The Morgan fingerprint density at radius 3 is 2.28 bits per heavy atom. The number of para-hydroxylation sites is 1. The van der Waals surface area contributed by atoms with E-state index in [2.05, 4.69) is 43.2 Å². The van der Waals surface area contributed by atoms with Gasteiger partial charge in [-0.3, -0.25) is 4.79 Å². The van der Waals surface area contributed by atoms with Crippen LogP contribution in [-0.2, 0) is 5.41 Å². The second-order valence-corrected chi connectivity index (χ2v) is 9.39. The Bertz CT molecular complexity index is 1490. The van der Waals surface area contributed by atoms with Crippen LogP contribution in [0.25, 0.3) is 22.4 Å². The van der Waals surface area contributed by atoms with Gasteiger partial charge in [-0.1, -0.05) is 51.1 Å². The molecule has 5 rings (SSSR count). The number of rotatable bonds is 7. The Morgan fingerprint density at radius 1 is 0.917 bits per heavy atom. The monoisotopic (exact) mass is 476 g/mol. The Kier molecular flexibility index (Phi) is 6.30. The van der Waals surface area contributed by atoms with Crippen molar-refractivity contribution in [2.24, 2.45) is 0 Å². The second kappa shape index (κ2) is 9.70. The van der Waals surface area contributed by atoms with Crippen LogP contribution < -0.4 is 10.1 Å². The summed E-state index contributed by atoms with van der Waals surface area (Å²) in [6.07, 6.45) is 2.66. The fourth-order valence-electron chi connectivity index (χ4n) is 4.03. The first-order chi connectivity index (χ1) is 17.4. The topological polar surface area (TPSA) is 64.4 Å². The molecule has 0 bridgehead atoms. The molecule has 0 fully saturated rings. The first-order valence-corrected chi connectivity index (χ1v) is 12.1. The molecule has 3 aromatic carbocycles. The van der Waals surface area contributed by atoms with Gasteiger partial charge >= 0.3 is 0 Å². The molecule has 0 aliphatic carbocycles. The summed E-state index contributed by atoms with van der Waals surface area (Å²) in [6.45, 7) is 6.67. The quantitative estimate of drug-likeness (QED) is 0.257. The molecule has 5 heteroatoms. The average Bonchev–Trinajstić information content (AvgIpc) is 3.45. The lowest BCUT2D eigenvalue weighted by Crippen LogP contribution is -2.14. The van der Waals surface area contributed by atoms with E-state index in [1.165, 1.54) is 5.56 Å². The van der Waals surface area contributed by atoms with Gasteiger partial charge in [0.25, 0.3) is 5.91 Å². The minimum Gasteiger partial charge on any atom is -0.463 e. The van der Waals surface area contributed by atoms with Crippen molar-refractivity contribution in [3.8, 4) is 23.0 Å². The number of anilines is 1. The molecule has 1 amide bonds. The smallest absolute Gasteiger partial charge is 0.256 e. The zero-order chi connectivity index (χ0) is 25.1. The summed E-state index contributed by atoms with van der Waals surface area (Å²) >= 11 is 0. The molecular formula is C31H28N2O3. The maximum absolute atomic E-state index is 13.3. The summed E-state index contributed by atoms with van der Waals surface area (Å²) in [7, 11) is 0. The summed E-state index contributed by atoms with van der Waals surface area (Å²) in [5.41, 5.74) is 3.97. The summed E-state index contributed by atoms with van der Waals surface area (Å²) < 4.78 is 11.5. The minimum atomic E-state index is -0.218. The number of furan rings is 1. The number of aromatic nitrogens is 1. The molecule has 0 radical (unpaired) electrons. The minimum absolute atomic E-state index is 0.136. The van der Waals surface area contributed by atoms with E-state index in [0.717, 1.165) is 23.1 Å². The van der Waals surface area contributed by atoms with Gasteiger partial charge in [0.05, 0.1) is 17.3 Å². The Morgan fingerprint density at radius 2 is 1.61 bits per heavy atom. The van der Waals surface area contributed by atoms with Crippen LogP contribution >= 0.6 is 0 Å². The fourth-order valence-corrected chi connectivity index (χ4v) is 4.03. The molecular weight excluding hydrogens is 448 g/mol. The van der Waals surface area contributed by atoms with Crippen molar-refractivity contribution in [2.45, 2.75) is 32.6 Å². The van der Waals surface area contributed by atoms with Gasteiger partial charge in [0, 0.05) is 11.1 Å². The number of hydrogen-bond donors (Lipinski definition) is 1. The molecule has 0 aliphatic rings. The van der Waals surface area contributed by atoms with Gasteiger partial charge in [-0.2, -0.15) is 0 Å². The maximum Gasteiger partial charge on any atom is 0.256 e. The van der Waals surface area contributed by atoms with Gasteiger partial charge in [0.1, 0.15) is 17.2 Å². The Balaban J connectivity index is 1.33. The van der Waals surface area contributed by atoms with Crippen molar-refractivity contribution in [3.63, 3.8) is 0 Å². The molecule has 0 spiro atoms. The van der Waals surface area contributed by atoms with Gasteiger partial charge < -0.3 is 14.5 Å². The average molecular weight is 477 g/mol. The predicted molar refractivity (Wildman–Crippen MR) is 144 cm³/mol. The molecule has 5 aromatic rings. The van der Waals surface area contributed by atoms with Crippen LogP contribution in [0.1, 0.15) is 43.1 Å². The normalized spacial score (nSPS) is 11.4. The van der Waals surface area contributed by atoms with E-state index in [1.807, 2.05) is 66.7 Å². The van der Waals surface area contributed by atoms with Crippen LogP contribution in [0.2, 0.25) is 0 Å². The van der Waals surface area contributed by atoms with Gasteiger partial charge in [-0.25, -0.2) is 4.98 Å². The van der Waals surface area contributed by atoms with Crippen LogP contribution in [0, 0.1) is 0 Å². The predicted octanol–water partition coefficient (Wildman–Crippen LogP) is 8.23. The Hall–Kier alpha value is -4.38. The van der Waals surface area contributed by atoms with Gasteiger partial charge in [0.15, 0.2) is 5.76 Å². The van der Waals surface area contributed by atoms with Crippen molar-refractivity contribution in [1.29, 1.82) is 0 Å². The molecule has 0 atom stereocenters. The number of carbonyl (C=O) groups is 1. The number of fused-ring (bicyclic) bond motifs is 1. The van der Waals surface area contributed by atoms with E-state index in [1.54, 1.807) is 18.4 Å². The third-order valence-electron chi connectivity index (χ3n) is 6.60. The number of hydrogen-bond acceptors (Lipinski definition) is 4. The van der Waals surface area contributed by atoms with E-state index in [-0.39, 0.29) is 11.3 Å². The first-order valence-electron chi connectivity index (χ1n) is 12.1. The summed E-state index contributed by atoms with van der Waals surface area (Å²) in [5, 5.41) is 3.77. The van der Waals surface area contributed by atoms with Gasteiger partial charge in [-0.05, 0) is 78.1 Å². The molecule has 0 aliphatic heterocycles. The molecule has 2 heterocycles.